The lowest BCUT2D eigenvalue weighted by molar-refractivity contribution is -0.136. The number of benzene rings is 1. The van der Waals surface area contributed by atoms with Gasteiger partial charge in [0.05, 0.1) is 12.2 Å². The number of nitrogens with zero attached hydrogens (tertiary/aromatic N) is 6. The number of hydrogen-bond donors (Lipinski definition) is 0. The van der Waals surface area contributed by atoms with Crippen molar-refractivity contribution in [3.05, 3.63) is 53.4 Å². The van der Waals surface area contributed by atoms with Crippen LogP contribution in [-0.4, -0.2) is 53.2 Å². The molecule has 30 heavy (non-hydrogen) atoms. The second kappa shape index (κ2) is 6.77. The fourth-order valence-electron chi connectivity index (χ4n) is 4.88. The van der Waals surface area contributed by atoms with E-state index < -0.39 is 0 Å². The molecule has 5 rings (SSSR count). The Morgan fingerprint density at radius 1 is 1.30 bits per heavy atom. The van der Waals surface area contributed by atoms with E-state index in [2.05, 4.69) is 44.6 Å². The van der Waals surface area contributed by atoms with Crippen molar-refractivity contribution in [2.45, 2.75) is 19.9 Å². The lowest BCUT2D eigenvalue weighted by Gasteiger charge is -2.47. The van der Waals surface area contributed by atoms with E-state index in [-0.39, 0.29) is 11.3 Å². The first-order chi connectivity index (χ1) is 14.5. The fourth-order valence-corrected chi connectivity index (χ4v) is 4.88. The summed E-state index contributed by atoms with van der Waals surface area (Å²) in [6.45, 7) is 9.34. The van der Waals surface area contributed by atoms with E-state index in [1.54, 1.807) is 6.33 Å². The zero-order chi connectivity index (χ0) is 20.9. The number of carbonyl (C=O) groups excluding carboxylic acids is 1. The van der Waals surface area contributed by atoms with Crippen LogP contribution in [-0.2, 0) is 11.3 Å². The summed E-state index contributed by atoms with van der Waals surface area (Å²) in [6, 6.07) is 6.56. The van der Waals surface area contributed by atoms with E-state index in [1.807, 2.05) is 18.0 Å². The number of likely N-dealkylation sites (tertiary alicyclic amines) is 1. The maximum Gasteiger partial charge on any atom is 0.245 e. The number of hydrogen-bond acceptors (Lipinski definition) is 6. The Kier molecular flexibility index (Phi) is 4.17. The fraction of sp³-hybridized carbons (Fsp3) is 0.348. The monoisotopic (exact) mass is 398 g/mol. The van der Waals surface area contributed by atoms with Crippen LogP contribution in [0.15, 0.2) is 36.1 Å². The van der Waals surface area contributed by atoms with Crippen LogP contribution in [0.5, 0.6) is 0 Å². The van der Waals surface area contributed by atoms with Gasteiger partial charge in [-0.2, -0.15) is 5.26 Å². The molecule has 0 aliphatic carbocycles. The topological polar surface area (TPSA) is 85.5 Å². The van der Waals surface area contributed by atoms with Gasteiger partial charge in [0, 0.05) is 43.4 Å². The van der Waals surface area contributed by atoms with Crippen LogP contribution in [0.25, 0.3) is 11.3 Å². The molecule has 0 saturated carbocycles. The number of aryl methyl sites for hydroxylation is 1. The minimum atomic E-state index is -0.0165. The van der Waals surface area contributed by atoms with Gasteiger partial charge in [-0.1, -0.05) is 6.58 Å². The normalized spacial score (nSPS) is 18.3. The molecule has 1 aromatic heterocycles. The van der Waals surface area contributed by atoms with Crippen LogP contribution in [0.2, 0.25) is 0 Å². The molecular weight excluding hydrogens is 376 g/mol. The Hall–Kier alpha value is -3.53. The Morgan fingerprint density at radius 2 is 2.13 bits per heavy atom. The number of nitriles is 1. The van der Waals surface area contributed by atoms with Gasteiger partial charge < -0.3 is 9.80 Å². The summed E-state index contributed by atoms with van der Waals surface area (Å²) < 4.78 is 0. The van der Waals surface area contributed by atoms with E-state index in [0.717, 1.165) is 54.9 Å². The Bertz CT molecular complexity index is 1140. The molecule has 0 atom stereocenters. The summed E-state index contributed by atoms with van der Waals surface area (Å²) in [7, 11) is 0. The number of fused-ring (bicyclic) bond motifs is 1. The lowest BCUT2D eigenvalue weighted by Crippen LogP contribution is -2.59. The molecule has 1 amide bonds. The molecule has 3 aliphatic rings. The second-order valence-corrected chi connectivity index (χ2v) is 8.44. The van der Waals surface area contributed by atoms with E-state index in [9.17, 15) is 10.1 Å². The predicted octanol–water partition coefficient (Wildman–Crippen LogP) is 2.48. The van der Waals surface area contributed by atoms with Crippen molar-refractivity contribution in [3.63, 3.8) is 0 Å². The molecule has 0 radical (unpaired) electrons. The van der Waals surface area contributed by atoms with Crippen molar-refractivity contribution >= 4 is 17.9 Å². The van der Waals surface area contributed by atoms with E-state index in [4.69, 9.17) is 0 Å². The number of aromatic nitrogens is 2. The van der Waals surface area contributed by atoms with Gasteiger partial charge in [0.2, 0.25) is 5.91 Å². The Balaban J connectivity index is 1.46. The molecular formula is C23H22N6O. The van der Waals surface area contributed by atoms with Crippen molar-refractivity contribution in [1.82, 2.24) is 14.9 Å². The third kappa shape index (κ3) is 2.79. The van der Waals surface area contributed by atoms with Crippen LogP contribution in [0, 0.1) is 23.7 Å². The third-order valence-electron chi connectivity index (χ3n) is 6.45. The smallest absolute Gasteiger partial charge is 0.245 e. The average molecular weight is 398 g/mol. The zero-order valence-corrected chi connectivity index (χ0v) is 16.9. The van der Waals surface area contributed by atoms with Gasteiger partial charge >= 0.3 is 0 Å². The summed E-state index contributed by atoms with van der Waals surface area (Å²) in [4.78, 5) is 29.1. The number of carbonyl (C=O) groups is 1. The SMILES string of the molecule is C=CC(=O)N1CC2(CCN(c3ncnc(-c4cc5c(cc4C)C=NC5)c3C#N)C2)C1. The first kappa shape index (κ1) is 18.5. The highest BCUT2D eigenvalue weighted by molar-refractivity contribution is 5.88. The summed E-state index contributed by atoms with van der Waals surface area (Å²) in [5, 5.41) is 10.0. The minimum Gasteiger partial charge on any atom is -0.355 e. The Morgan fingerprint density at radius 3 is 2.90 bits per heavy atom. The molecule has 0 N–H and O–H groups in total. The highest BCUT2D eigenvalue weighted by atomic mass is 16.2. The number of rotatable bonds is 3. The second-order valence-electron chi connectivity index (χ2n) is 8.44. The maximum atomic E-state index is 11.8. The molecule has 4 heterocycles. The average Bonchev–Trinajstić information content (AvgIpc) is 3.37. The molecule has 7 nitrogen and oxygen atoms in total. The van der Waals surface area contributed by atoms with Crippen LogP contribution in [0.1, 0.15) is 28.7 Å². The minimum absolute atomic E-state index is 0.0165. The van der Waals surface area contributed by atoms with E-state index >= 15 is 0 Å². The van der Waals surface area contributed by atoms with Gasteiger partial charge in [-0.25, -0.2) is 9.97 Å². The van der Waals surface area contributed by atoms with Crippen LogP contribution < -0.4 is 4.90 Å². The van der Waals surface area contributed by atoms with Gasteiger partial charge in [-0.3, -0.25) is 9.79 Å². The number of anilines is 1. The van der Waals surface area contributed by atoms with Crippen molar-refractivity contribution in [3.8, 4) is 17.3 Å². The van der Waals surface area contributed by atoms with Crippen molar-refractivity contribution in [1.29, 1.82) is 5.26 Å². The number of aliphatic imine (C=N–C) groups is 1. The van der Waals surface area contributed by atoms with Gasteiger partial charge in [-0.15, -0.1) is 0 Å². The standard InChI is InChI=1S/C23H22N6O/c1-3-20(30)29-12-23(13-29)4-5-28(11-23)22-19(8-24)21(26-14-27-22)18-7-17-10-25-9-16(17)6-15(18)2/h3,6-7,9,14H,1,4-5,10-13H2,2H3. The molecule has 1 aromatic carbocycles. The molecule has 1 spiro atoms. The molecule has 0 bridgehead atoms. The summed E-state index contributed by atoms with van der Waals surface area (Å²) >= 11 is 0. The van der Waals surface area contributed by atoms with Crippen molar-refractivity contribution in [2.75, 3.05) is 31.1 Å². The molecule has 0 unspecified atom stereocenters. The van der Waals surface area contributed by atoms with Gasteiger partial charge in [0.25, 0.3) is 0 Å². The van der Waals surface area contributed by atoms with Crippen molar-refractivity contribution in [2.24, 2.45) is 10.4 Å². The molecule has 7 heteroatoms. The van der Waals surface area contributed by atoms with Crippen molar-refractivity contribution < 1.29 is 4.79 Å². The largest absolute Gasteiger partial charge is 0.355 e. The van der Waals surface area contributed by atoms with Crippen LogP contribution in [0.4, 0.5) is 5.82 Å². The quantitative estimate of drug-likeness (QED) is 0.742. The third-order valence-corrected chi connectivity index (χ3v) is 6.45. The first-order valence-electron chi connectivity index (χ1n) is 10.1. The van der Waals surface area contributed by atoms with Gasteiger partial charge in [-0.05, 0) is 48.2 Å². The van der Waals surface area contributed by atoms with Gasteiger partial charge in [0.1, 0.15) is 18.0 Å². The highest BCUT2D eigenvalue weighted by Crippen LogP contribution is 2.42. The maximum absolute atomic E-state index is 11.8. The van der Waals surface area contributed by atoms with Crippen LogP contribution in [0.3, 0.4) is 0 Å². The number of amides is 1. The zero-order valence-electron chi connectivity index (χ0n) is 16.9. The summed E-state index contributed by atoms with van der Waals surface area (Å²) in [5.41, 5.74) is 5.58. The van der Waals surface area contributed by atoms with E-state index in [0.29, 0.717) is 23.6 Å². The molecule has 2 saturated heterocycles. The molecule has 3 aliphatic heterocycles. The molecule has 150 valence electrons. The summed E-state index contributed by atoms with van der Waals surface area (Å²) in [5.74, 6) is 0.668. The first-order valence-corrected chi connectivity index (χ1v) is 10.1. The van der Waals surface area contributed by atoms with E-state index in [1.165, 1.54) is 6.08 Å². The predicted molar refractivity (Wildman–Crippen MR) is 114 cm³/mol. The van der Waals surface area contributed by atoms with Crippen LogP contribution >= 0.6 is 0 Å². The summed E-state index contributed by atoms with van der Waals surface area (Å²) in [6.07, 6.45) is 5.79. The molecule has 2 aromatic rings. The lowest BCUT2D eigenvalue weighted by atomic mass is 9.79. The Labute approximate surface area is 175 Å². The highest BCUT2D eigenvalue weighted by Gasteiger charge is 2.49. The van der Waals surface area contributed by atoms with Gasteiger partial charge in [0.15, 0.2) is 5.82 Å². The molecule has 2 fully saturated rings.